The Morgan fingerprint density at radius 2 is 1.95 bits per heavy atom. The van der Waals surface area contributed by atoms with Crippen molar-refractivity contribution < 1.29 is 0 Å². The molecule has 3 rings (SSSR count). The molecule has 1 unspecified atom stereocenters. The number of para-hydroxylation sites is 1. The maximum absolute atomic E-state index is 5.80. The van der Waals surface area contributed by atoms with Gasteiger partial charge in [-0.1, -0.05) is 51.8 Å². The molecule has 3 aromatic rings. The van der Waals surface area contributed by atoms with Gasteiger partial charge in [-0.15, -0.1) is 0 Å². The number of hydrogen-bond acceptors (Lipinski definition) is 3. The van der Waals surface area contributed by atoms with E-state index in [0.717, 1.165) is 26.5 Å². The van der Waals surface area contributed by atoms with Crippen molar-refractivity contribution in [1.82, 2.24) is 10.4 Å². The van der Waals surface area contributed by atoms with E-state index < -0.39 is 0 Å². The van der Waals surface area contributed by atoms with Crippen molar-refractivity contribution in [2.24, 2.45) is 5.84 Å². The third-order valence-corrected chi connectivity index (χ3v) is 4.30. The number of benzene rings is 2. The van der Waals surface area contributed by atoms with Crippen LogP contribution in [-0.4, -0.2) is 4.98 Å². The van der Waals surface area contributed by atoms with Crippen LogP contribution in [0.1, 0.15) is 22.7 Å². The lowest BCUT2D eigenvalue weighted by Crippen LogP contribution is -2.29. The van der Waals surface area contributed by atoms with E-state index in [1.165, 1.54) is 5.56 Å². The summed E-state index contributed by atoms with van der Waals surface area (Å²) in [7, 11) is 0. The van der Waals surface area contributed by atoms with Gasteiger partial charge >= 0.3 is 0 Å². The summed E-state index contributed by atoms with van der Waals surface area (Å²) in [6.45, 7) is 2.07. The first-order valence-electron chi connectivity index (χ1n) is 6.76. The summed E-state index contributed by atoms with van der Waals surface area (Å²) < 4.78 is 1.03. The fraction of sp³-hybridized carbons (Fsp3) is 0.118. The largest absolute Gasteiger partial charge is 0.271 e. The van der Waals surface area contributed by atoms with E-state index in [-0.39, 0.29) is 6.04 Å². The van der Waals surface area contributed by atoms with Gasteiger partial charge in [-0.2, -0.15) is 0 Å². The smallest absolute Gasteiger partial charge is 0.0736 e. The van der Waals surface area contributed by atoms with Crippen LogP contribution in [0.15, 0.2) is 59.2 Å². The van der Waals surface area contributed by atoms with E-state index >= 15 is 0 Å². The van der Waals surface area contributed by atoms with E-state index in [4.69, 9.17) is 5.84 Å². The first kappa shape index (κ1) is 14.2. The van der Waals surface area contributed by atoms with Crippen molar-refractivity contribution in [2.45, 2.75) is 13.0 Å². The summed E-state index contributed by atoms with van der Waals surface area (Å²) in [5.74, 6) is 5.80. The maximum Gasteiger partial charge on any atom is 0.0736 e. The summed E-state index contributed by atoms with van der Waals surface area (Å²) >= 11 is 3.60. The number of nitrogens with one attached hydrogen (secondary N) is 1. The van der Waals surface area contributed by atoms with Crippen LogP contribution in [0.5, 0.6) is 0 Å². The first-order valence-corrected chi connectivity index (χ1v) is 7.55. The van der Waals surface area contributed by atoms with Crippen LogP contribution in [0.4, 0.5) is 0 Å². The molecule has 3 N–H and O–H groups in total. The Balaban J connectivity index is 2.11. The van der Waals surface area contributed by atoms with E-state index in [2.05, 4.69) is 57.5 Å². The highest BCUT2D eigenvalue weighted by atomic mass is 79.9. The molecular weight excluding hydrogens is 326 g/mol. The highest BCUT2D eigenvalue weighted by molar-refractivity contribution is 9.10. The molecule has 0 saturated heterocycles. The zero-order valence-corrected chi connectivity index (χ0v) is 13.3. The number of nitrogens with two attached hydrogens (primary N) is 1. The van der Waals surface area contributed by atoms with Crippen LogP contribution in [0.2, 0.25) is 0 Å². The molecule has 0 amide bonds. The van der Waals surface area contributed by atoms with Crippen LogP contribution in [0.25, 0.3) is 10.9 Å². The molecule has 0 spiro atoms. The van der Waals surface area contributed by atoms with Crippen molar-refractivity contribution in [3.05, 3.63) is 75.9 Å². The number of hydrazine groups is 1. The molecular formula is C17H16BrN3. The number of aryl methyl sites for hydroxylation is 1. The SMILES string of the molecule is Cc1ccc(Br)c(C(NN)c2cnc3ccccc3c2)c1. The van der Waals surface area contributed by atoms with Crippen molar-refractivity contribution >= 4 is 26.8 Å². The molecule has 106 valence electrons. The Morgan fingerprint density at radius 3 is 2.76 bits per heavy atom. The molecule has 0 fully saturated rings. The van der Waals surface area contributed by atoms with E-state index in [9.17, 15) is 0 Å². The zero-order valence-electron chi connectivity index (χ0n) is 11.7. The van der Waals surface area contributed by atoms with Gasteiger partial charge in [0.25, 0.3) is 0 Å². The molecule has 0 aliphatic carbocycles. The van der Waals surface area contributed by atoms with Crippen molar-refractivity contribution in [2.75, 3.05) is 0 Å². The predicted octanol–water partition coefficient (Wildman–Crippen LogP) is 3.86. The Bertz CT molecular complexity index is 786. The van der Waals surface area contributed by atoms with Gasteiger partial charge in [-0.05, 0) is 36.2 Å². The van der Waals surface area contributed by atoms with E-state index in [1.54, 1.807) is 0 Å². The Hall–Kier alpha value is -1.75. The lowest BCUT2D eigenvalue weighted by Gasteiger charge is -2.19. The highest BCUT2D eigenvalue weighted by Crippen LogP contribution is 2.30. The average Bonchev–Trinajstić information content (AvgIpc) is 2.51. The minimum atomic E-state index is -0.101. The Morgan fingerprint density at radius 1 is 1.14 bits per heavy atom. The van der Waals surface area contributed by atoms with Crippen LogP contribution in [-0.2, 0) is 0 Å². The minimum Gasteiger partial charge on any atom is -0.271 e. The fourth-order valence-electron chi connectivity index (χ4n) is 2.50. The van der Waals surface area contributed by atoms with Gasteiger partial charge in [-0.3, -0.25) is 10.8 Å². The number of fused-ring (bicyclic) bond motifs is 1. The second kappa shape index (κ2) is 5.93. The molecule has 0 saturated carbocycles. The minimum absolute atomic E-state index is 0.101. The standard InChI is InChI=1S/C17H16BrN3/c1-11-6-7-15(18)14(8-11)17(21-19)13-9-12-4-2-3-5-16(12)20-10-13/h2-10,17,21H,19H2,1H3. The summed E-state index contributed by atoms with van der Waals surface area (Å²) in [5.41, 5.74) is 7.23. The molecule has 1 heterocycles. The molecule has 1 aromatic heterocycles. The fourth-order valence-corrected chi connectivity index (χ4v) is 2.97. The zero-order chi connectivity index (χ0) is 14.8. The molecule has 0 aliphatic heterocycles. The van der Waals surface area contributed by atoms with Crippen LogP contribution in [0, 0.1) is 6.92 Å². The number of nitrogens with zero attached hydrogens (tertiary/aromatic N) is 1. The molecule has 0 radical (unpaired) electrons. The number of pyridine rings is 1. The number of rotatable bonds is 3. The van der Waals surface area contributed by atoms with Crippen molar-refractivity contribution in [3.63, 3.8) is 0 Å². The number of aromatic nitrogens is 1. The summed E-state index contributed by atoms with van der Waals surface area (Å²) in [6.07, 6.45) is 1.88. The van der Waals surface area contributed by atoms with Gasteiger partial charge < -0.3 is 0 Å². The highest BCUT2D eigenvalue weighted by Gasteiger charge is 2.16. The monoisotopic (exact) mass is 341 g/mol. The molecule has 2 aromatic carbocycles. The van der Waals surface area contributed by atoms with E-state index in [0.29, 0.717) is 0 Å². The van der Waals surface area contributed by atoms with E-state index in [1.807, 2.05) is 30.5 Å². The Kier molecular flexibility index (Phi) is 4.01. The van der Waals surface area contributed by atoms with Crippen LogP contribution < -0.4 is 11.3 Å². The normalized spacial score (nSPS) is 12.5. The second-order valence-electron chi connectivity index (χ2n) is 5.09. The molecule has 0 bridgehead atoms. The van der Waals surface area contributed by atoms with Gasteiger partial charge in [0.05, 0.1) is 11.6 Å². The van der Waals surface area contributed by atoms with Gasteiger partial charge in [0.2, 0.25) is 0 Å². The van der Waals surface area contributed by atoms with Crippen LogP contribution >= 0.6 is 15.9 Å². The predicted molar refractivity (Wildman–Crippen MR) is 89.8 cm³/mol. The van der Waals surface area contributed by atoms with Crippen molar-refractivity contribution in [1.29, 1.82) is 0 Å². The van der Waals surface area contributed by atoms with Crippen LogP contribution in [0.3, 0.4) is 0 Å². The topological polar surface area (TPSA) is 50.9 Å². The summed E-state index contributed by atoms with van der Waals surface area (Å²) in [6, 6.07) is 16.3. The van der Waals surface area contributed by atoms with Gasteiger partial charge in [0, 0.05) is 16.1 Å². The number of hydrogen-bond donors (Lipinski definition) is 2. The first-order chi connectivity index (χ1) is 10.2. The summed E-state index contributed by atoms with van der Waals surface area (Å²) in [5, 5.41) is 1.11. The van der Waals surface area contributed by atoms with Gasteiger partial charge in [0.15, 0.2) is 0 Å². The summed E-state index contributed by atoms with van der Waals surface area (Å²) in [4.78, 5) is 4.52. The average molecular weight is 342 g/mol. The molecule has 21 heavy (non-hydrogen) atoms. The molecule has 0 aliphatic rings. The molecule has 1 atom stereocenters. The Labute approximate surface area is 132 Å². The van der Waals surface area contributed by atoms with Gasteiger partial charge in [-0.25, -0.2) is 5.43 Å². The quantitative estimate of drug-likeness (QED) is 0.561. The maximum atomic E-state index is 5.80. The third kappa shape index (κ3) is 2.83. The second-order valence-corrected chi connectivity index (χ2v) is 5.94. The number of halogens is 1. The lowest BCUT2D eigenvalue weighted by atomic mass is 9.98. The third-order valence-electron chi connectivity index (χ3n) is 3.57. The lowest BCUT2D eigenvalue weighted by molar-refractivity contribution is 0.633. The van der Waals surface area contributed by atoms with Gasteiger partial charge in [0.1, 0.15) is 0 Å². The van der Waals surface area contributed by atoms with Crippen molar-refractivity contribution in [3.8, 4) is 0 Å². The molecule has 4 heteroatoms. The molecule has 3 nitrogen and oxygen atoms in total.